The Hall–Kier alpha value is -0.850. The lowest BCUT2D eigenvalue weighted by Gasteiger charge is -2.17. The summed E-state index contributed by atoms with van der Waals surface area (Å²) in [6.45, 7) is 6.98. The van der Waals surface area contributed by atoms with Gasteiger partial charge in [0.1, 0.15) is 0 Å². The number of hydrogen-bond acceptors (Lipinski definition) is 1. The monoisotopic (exact) mass is 175 g/mol. The lowest BCUT2D eigenvalue weighted by atomic mass is 9.88. The van der Waals surface area contributed by atoms with Crippen LogP contribution in [0.4, 0.5) is 0 Å². The summed E-state index contributed by atoms with van der Waals surface area (Å²) >= 11 is 0. The molecule has 1 fully saturated rings. The second-order valence-corrected chi connectivity index (χ2v) is 5.10. The predicted molar refractivity (Wildman–Crippen MR) is 54.5 cm³/mol. The first-order valence-corrected chi connectivity index (χ1v) is 4.99. The topological polar surface area (TPSA) is 12.9 Å². The molecule has 1 saturated carbocycles. The van der Waals surface area contributed by atoms with Crippen LogP contribution in [0, 0.1) is 11.3 Å². The van der Waals surface area contributed by atoms with Gasteiger partial charge in [0.2, 0.25) is 0 Å². The zero-order chi connectivity index (χ0) is 9.47. The fourth-order valence-electron chi connectivity index (χ4n) is 2.12. The first kappa shape index (κ1) is 8.74. The van der Waals surface area contributed by atoms with E-state index in [1.807, 2.05) is 18.5 Å². The van der Waals surface area contributed by atoms with Crippen molar-refractivity contribution in [2.75, 3.05) is 0 Å². The van der Waals surface area contributed by atoms with Gasteiger partial charge in [-0.1, -0.05) is 26.8 Å². The number of pyridine rings is 1. The highest BCUT2D eigenvalue weighted by Crippen LogP contribution is 2.56. The summed E-state index contributed by atoms with van der Waals surface area (Å²) in [5.41, 5.74) is 1.88. The first-order chi connectivity index (χ1) is 6.09. The van der Waals surface area contributed by atoms with Crippen LogP contribution in [0.25, 0.3) is 0 Å². The van der Waals surface area contributed by atoms with Gasteiger partial charge in [-0.15, -0.1) is 0 Å². The SMILES string of the molecule is CC(C)(C)[C@H]1C[C@@H]1c1cccnc1. The van der Waals surface area contributed by atoms with Crippen LogP contribution >= 0.6 is 0 Å². The van der Waals surface area contributed by atoms with Crippen LogP contribution in [0.3, 0.4) is 0 Å². The van der Waals surface area contributed by atoms with E-state index in [1.54, 1.807) is 0 Å². The third-order valence-corrected chi connectivity index (χ3v) is 3.02. The Morgan fingerprint density at radius 3 is 2.62 bits per heavy atom. The lowest BCUT2D eigenvalue weighted by Crippen LogP contribution is -2.08. The summed E-state index contributed by atoms with van der Waals surface area (Å²) in [5.74, 6) is 1.63. The molecule has 13 heavy (non-hydrogen) atoms. The van der Waals surface area contributed by atoms with E-state index >= 15 is 0 Å². The van der Waals surface area contributed by atoms with E-state index in [0.29, 0.717) is 5.41 Å². The highest BCUT2D eigenvalue weighted by Gasteiger charge is 2.45. The van der Waals surface area contributed by atoms with Crippen LogP contribution in [-0.4, -0.2) is 4.98 Å². The molecule has 1 heteroatoms. The highest BCUT2D eigenvalue weighted by atomic mass is 14.6. The fraction of sp³-hybridized carbons (Fsp3) is 0.583. The molecule has 1 aliphatic carbocycles. The van der Waals surface area contributed by atoms with Gasteiger partial charge >= 0.3 is 0 Å². The Morgan fingerprint density at radius 2 is 2.15 bits per heavy atom. The zero-order valence-corrected chi connectivity index (χ0v) is 8.62. The van der Waals surface area contributed by atoms with Crippen LogP contribution in [-0.2, 0) is 0 Å². The molecule has 0 N–H and O–H groups in total. The maximum Gasteiger partial charge on any atom is 0.0302 e. The molecular formula is C12H17N. The van der Waals surface area contributed by atoms with Gasteiger partial charge in [-0.2, -0.15) is 0 Å². The summed E-state index contributed by atoms with van der Waals surface area (Å²) in [6.07, 6.45) is 5.20. The molecular weight excluding hydrogens is 158 g/mol. The van der Waals surface area contributed by atoms with Crippen molar-refractivity contribution in [1.29, 1.82) is 0 Å². The Kier molecular flexibility index (Phi) is 1.90. The molecule has 0 radical (unpaired) electrons. The van der Waals surface area contributed by atoms with Gasteiger partial charge in [-0.05, 0) is 35.3 Å². The summed E-state index contributed by atoms with van der Waals surface area (Å²) < 4.78 is 0. The first-order valence-electron chi connectivity index (χ1n) is 4.99. The molecule has 0 spiro atoms. The summed E-state index contributed by atoms with van der Waals surface area (Å²) in [5, 5.41) is 0. The molecule has 0 aliphatic heterocycles. The number of hydrogen-bond donors (Lipinski definition) is 0. The van der Waals surface area contributed by atoms with E-state index in [9.17, 15) is 0 Å². The molecule has 0 amide bonds. The van der Waals surface area contributed by atoms with E-state index in [2.05, 4.69) is 31.8 Å². The smallest absolute Gasteiger partial charge is 0.0302 e. The average Bonchev–Trinajstić information content (AvgIpc) is 2.83. The number of nitrogens with zero attached hydrogens (tertiary/aromatic N) is 1. The summed E-state index contributed by atoms with van der Waals surface area (Å²) in [4.78, 5) is 4.16. The Morgan fingerprint density at radius 1 is 1.38 bits per heavy atom. The summed E-state index contributed by atoms with van der Waals surface area (Å²) in [6, 6.07) is 4.23. The molecule has 2 atom stereocenters. The van der Waals surface area contributed by atoms with Crippen molar-refractivity contribution >= 4 is 0 Å². The van der Waals surface area contributed by atoms with Crippen molar-refractivity contribution in [3.05, 3.63) is 30.1 Å². The van der Waals surface area contributed by atoms with Crippen LogP contribution in [0.5, 0.6) is 0 Å². The molecule has 1 aromatic heterocycles. The van der Waals surface area contributed by atoms with Crippen LogP contribution in [0.2, 0.25) is 0 Å². The van der Waals surface area contributed by atoms with Crippen molar-refractivity contribution in [1.82, 2.24) is 4.98 Å². The quantitative estimate of drug-likeness (QED) is 0.638. The molecule has 1 aliphatic rings. The molecule has 1 nitrogen and oxygen atoms in total. The average molecular weight is 175 g/mol. The molecule has 1 heterocycles. The molecule has 70 valence electrons. The molecule has 0 aromatic carbocycles. The minimum Gasteiger partial charge on any atom is -0.264 e. The molecule has 0 saturated heterocycles. The van der Waals surface area contributed by atoms with Crippen LogP contribution in [0.1, 0.15) is 38.7 Å². The van der Waals surface area contributed by atoms with Gasteiger partial charge in [-0.25, -0.2) is 0 Å². The second-order valence-electron chi connectivity index (χ2n) is 5.10. The Bertz CT molecular complexity index is 284. The summed E-state index contributed by atoms with van der Waals surface area (Å²) in [7, 11) is 0. The van der Waals surface area contributed by atoms with E-state index in [4.69, 9.17) is 0 Å². The van der Waals surface area contributed by atoms with E-state index in [1.165, 1.54) is 12.0 Å². The molecule has 0 unspecified atom stereocenters. The molecule has 2 rings (SSSR count). The van der Waals surface area contributed by atoms with Crippen molar-refractivity contribution in [3.63, 3.8) is 0 Å². The predicted octanol–water partition coefficient (Wildman–Crippen LogP) is 3.23. The molecule has 0 bridgehead atoms. The lowest BCUT2D eigenvalue weighted by molar-refractivity contribution is 0.343. The van der Waals surface area contributed by atoms with Gasteiger partial charge in [0.05, 0.1) is 0 Å². The minimum absolute atomic E-state index is 0.459. The second kappa shape index (κ2) is 2.83. The van der Waals surface area contributed by atoms with Crippen molar-refractivity contribution in [2.24, 2.45) is 11.3 Å². The van der Waals surface area contributed by atoms with Gasteiger partial charge in [0, 0.05) is 12.4 Å². The van der Waals surface area contributed by atoms with Gasteiger partial charge in [-0.3, -0.25) is 4.98 Å². The Labute approximate surface area is 80.2 Å². The fourth-order valence-corrected chi connectivity index (χ4v) is 2.12. The highest BCUT2D eigenvalue weighted by molar-refractivity contribution is 5.23. The number of rotatable bonds is 1. The van der Waals surface area contributed by atoms with Crippen molar-refractivity contribution in [2.45, 2.75) is 33.1 Å². The number of aromatic nitrogens is 1. The van der Waals surface area contributed by atoms with Gasteiger partial charge in [0.15, 0.2) is 0 Å². The largest absolute Gasteiger partial charge is 0.264 e. The zero-order valence-electron chi connectivity index (χ0n) is 8.62. The minimum atomic E-state index is 0.459. The maximum absolute atomic E-state index is 4.16. The van der Waals surface area contributed by atoms with Crippen LogP contribution in [0.15, 0.2) is 24.5 Å². The third-order valence-electron chi connectivity index (χ3n) is 3.02. The molecule has 1 aromatic rings. The van der Waals surface area contributed by atoms with E-state index in [0.717, 1.165) is 11.8 Å². The van der Waals surface area contributed by atoms with E-state index < -0.39 is 0 Å². The van der Waals surface area contributed by atoms with Gasteiger partial charge < -0.3 is 0 Å². The van der Waals surface area contributed by atoms with Crippen molar-refractivity contribution < 1.29 is 0 Å². The normalized spacial score (nSPS) is 27.3. The standard InChI is InChI=1S/C12H17N/c1-12(2,3)11-7-10(11)9-5-4-6-13-8-9/h4-6,8,10-11H,7H2,1-3H3/t10-,11+/m1/s1. The third kappa shape index (κ3) is 1.74. The van der Waals surface area contributed by atoms with Gasteiger partial charge in [0.25, 0.3) is 0 Å². The van der Waals surface area contributed by atoms with Crippen molar-refractivity contribution in [3.8, 4) is 0 Å². The Balaban J connectivity index is 2.09. The van der Waals surface area contributed by atoms with Crippen LogP contribution < -0.4 is 0 Å². The van der Waals surface area contributed by atoms with E-state index in [-0.39, 0.29) is 0 Å². The maximum atomic E-state index is 4.16.